The number of Topliss-reactive ketones (excluding diaryl/α,β-unsaturated/α-hetero) is 1. The number of carbonyl (C=O) groups excluding carboxylic acids is 3. The van der Waals surface area contributed by atoms with Gasteiger partial charge in [-0.15, -0.1) is 0 Å². The minimum absolute atomic E-state index is 0.0279. The minimum Gasteiger partial charge on any atom is -0.462 e. The molecule has 1 unspecified atom stereocenters. The van der Waals surface area contributed by atoms with Gasteiger partial charge in [-0.2, -0.15) is 0 Å². The summed E-state index contributed by atoms with van der Waals surface area (Å²) in [6, 6.07) is 0. The van der Waals surface area contributed by atoms with Gasteiger partial charge in [0.2, 0.25) is 0 Å². The van der Waals surface area contributed by atoms with Crippen molar-refractivity contribution >= 4 is 17.7 Å². The number of ketones is 1. The molecule has 0 spiro atoms. The summed E-state index contributed by atoms with van der Waals surface area (Å²) in [6.45, 7) is 6.12. The van der Waals surface area contributed by atoms with E-state index in [0.717, 1.165) is 44.4 Å². The Kier molecular flexibility index (Phi) is 24.6. The molecular weight excluding hydrogens is 584 g/mol. The molecule has 266 valence electrons. The van der Waals surface area contributed by atoms with Crippen LogP contribution in [-0.4, -0.2) is 64.6 Å². The van der Waals surface area contributed by atoms with Crippen LogP contribution >= 0.6 is 0 Å². The van der Waals surface area contributed by atoms with Crippen LogP contribution in [0.2, 0.25) is 0 Å². The highest BCUT2D eigenvalue weighted by Crippen LogP contribution is 2.33. The van der Waals surface area contributed by atoms with Gasteiger partial charge in [0.15, 0.2) is 6.10 Å². The summed E-state index contributed by atoms with van der Waals surface area (Å²) in [5, 5.41) is 30.1. The van der Waals surface area contributed by atoms with Gasteiger partial charge in [-0.25, -0.2) is 0 Å². The minimum atomic E-state index is -0.873. The zero-order valence-corrected chi connectivity index (χ0v) is 29.2. The molecule has 46 heavy (non-hydrogen) atoms. The zero-order valence-electron chi connectivity index (χ0n) is 29.2. The molecule has 1 fully saturated rings. The molecule has 1 aliphatic carbocycles. The van der Waals surface area contributed by atoms with Gasteiger partial charge in [0.05, 0.1) is 18.8 Å². The summed E-state index contributed by atoms with van der Waals surface area (Å²) < 4.78 is 10.5. The van der Waals surface area contributed by atoms with E-state index in [1.165, 1.54) is 44.9 Å². The quantitative estimate of drug-likeness (QED) is 0.0449. The highest BCUT2D eigenvalue weighted by molar-refractivity contribution is 5.84. The number of allylic oxidation sites excluding steroid dienone is 2. The fraction of sp³-hybridized carbons (Fsp3) is 0.816. The maximum Gasteiger partial charge on any atom is 0.306 e. The Balaban J connectivity index is 2.18. The van der Waals surface area contributed by atoms with Gasteiger partial charge in [0.25, 0.3) is 0 Å². The van der Waals surface area contributed by atoms with Crippen LogP contribution in [0.15, 0.2) is 24.3 Å². The van der Waals surface area contributed by atoms with Gasteiger partial charge in [-0.05, 0) is 38.0 Å². The number of rotatable bonds is 28. The standard InChI is InChI=1S/C38H66O8/c1-4-6-15-21-31(40)25-26-34-33(35(41)27-36(34)42)22-17-13-14-19-24-38(44)46-32(28-39)29-45-37(43)23-18-12-10-8-7-9-11-16-20-30(3)5-2/h13,17,25-26,30-34,36,39-40,42H,4-12,14-16,18-24,27-29H2,1-3H3/b17-13-,26-25+/t30?,31-,32-,33+,34+,36+/m0/s1. The Morgan fingerprint density at radius 2 is 1.54 bits per heavy atom. The summed E-state index contributed by atoms with van der Waals surface area (Å²) in [5.41, 5.74) is 0. The molecule has 0 heterocycles. The predicted molar refractivity (Wildman–Crippen MR) is 183 cm³/mol. The molecule has 0 aromatic carbocycles. The largest absolute Gasteiger partial charge is 0.462 e. The molecule has 0 bridgehead atoms. The molecule has 0 amide bonds. The van der Waals surface area contributed by atoms with Crippen LogP contribution in [0.3, 0.4) is 0 Å². The Bertz CT molecular complexity index is 869. The van der Waals surface area contributed by atoms with Gasteiger partial charge < -0.3 is 24.8 Å². The summed E-state index contributed by atoms with van der Waals surface area (Å²) in [5.74, 6) is -0.551. The number of aliphatic hydroxyl groups excluding tert-OH is 3. The summed E-state index contributed by atoms with van der Waals surface area (Å²) in [4.78, 5) is 36.7. The molecule has 0 aromatic heterocycles. The van der Waals surface area contributed by atoms with Crippen molar-refractivity contribution in [2.24, 2.45) is 17.8 Å². The second-order valence-electron chi connectivity index (χ2n) is 13.3. The second-order valence-corrected chi connectivity index (χ2v) is 13.3. The van der Waals surface area contributed by atoms with E-state index in [-0.39, 0.29) is 43.0 Å². The SMILES string of the molecule is CCCCC[C@H](O)/C=C/[C@H]1[C@H](O)CC(=O)[C@@H]1C/C=C\CCCC(=O)O[C@@H](CO)COC(=O)CCCCCCCCCCC(C)CC. The average molecular weight is 651 g/mol. The molecule has 3 N–H and O–H groups in total. The molecule has 6 atom stereocenters. The van der Waals surface area contributed by atoms with Gasteiger partial charge in [0, 0.05) is 31.1 Å². The molecule has 1 rings (SSSR count). The summed E-state index contributed by atoms with van der Waals surface area (Å²) in [6.07, 6.45) is 23.1. The van der Waals surface area contributed by atoms with Gasteiger partial charge >= 0.3 is 11.9 Å². The first kappa shape index (κ1) is 42.0. The van der Waals surface area contributed by atoms with Crippen molar-refractivity contribution in [1.82, 2.24) is 0 Å². The highest BCUT2D eigenvalue weighted by atomic mass is 16.6. The predicted octanol–water partition coefficient (Wildman–Crippen LogP) is 7.56. The molecule has 0 radical (unpaired) electrons. The molecule has 0 saturated heterocycles. The smallest absolute Gasteiger partial charge is 0.306 e. The summed E-state index contributed by atoms with van der Waals surface area (Å²) >= 11 is 0. The van der Waals surface area contributed by atoms with Crippen LogP contribution in [0.5, 0.6) is 0 Å². The first-order chi connectivity index (χ1) is 22.2. The van der Waals surface area contributed by atoms with Crippen molar-refractivity contribution in [3.8, 4) is 0 Å². The third kappa shape index (κ3) is 20.3. The fourth-order valence-corrected chi connectivity index (χ4v) is 5.86. The lowest BCUT2D eigenvalue weighted by molar-refractivity contribution is -0.161. The molecule has 8 nitrogen and oxygen atoms in total. The summed E-state index contributed by atoms with van der Waals surface area (Å²) in [7, 11) is 0. The highest BCUT2D eigenvalue weighted by Gasteiger charge is 2.39. The monoisotopic (exact) mass is 650 g/mol. The van der Waals surface area contributed by atoms with Crippen molar-refractivity contribution in [1.29, 1.82) is 0 Å². The molecule has 0 aliphatic heterocycles. The number of hydrogen-bond donors (Lipinski definition) is 3. The topological polar surface area (TPSA) is 130 Å². The Labute approximate surface area is 279 Å². The van der Waals surface area contributed by atoms with Crippen LogP contribution in [0, 0.1) is 17.8 Å². The van der Waals surface area contributed by atoms with Crippen molar-refractivity contribution in [2.45, 2.75) is 167 Å². The molecule has 0 aromatic rings. The van der Waals surface area contributed by atoms with E-state index in [4.69, 9.17) is 9.47 Å². The van der Waals surface area contributed by atoms with Crippen LogP contribution in [0.1, 0.15) is 149 Å². The van der Waals surface area contributed by atoms with Crippen LogP contribution in [0.25, 0.3) is 0 Å². The Morgan fingerprint density at radius 1 is 0.891 bits per heavy atom. The van der Waals surface area contributed by atoms with E-state index in [1.54, 1.807) is 12.2 Å². The number of carbonyl (C=O) groups is 3. The van der Waals surface area contributed by atoms with E-state index >= 15 is 0 Å². The van der Waals surface area contributed by atoms with Gasteiger partial charge in [-0.1, -0.05) is 122 Å². The van der Waals surface area contributed by atoms with Gasteiger partial charge in [-0.3, -0.25) is 14.4 Å². The van der Waals surface area contributed by atoms with E-state index < -0.39 is 30.9 Å². The molecule has 1 aliphatic rings. The van der Waals surface area contributed by atoms with Crippen LogP contribution in [0.4, 0.5) is 0 Å². The lowest BCUT2D eigenvalue weighted by Gasteiger charge is -2.16. The first-order valence-corrected chi connectivity index (χ1v) is 18.4. The lowest BCUT2D eigenvalue weighted by atomic mass is 9.90. The van der Waals surface area contributed by atoms with Crippen molar-refractivity contribution in [3.05, 3.63) is 24.3 Å². The number of aliphatic hydroxyl groups is 3. The lowest BCUT2D eigenvalue weighted by Crippen LogP contribution is -2.28. The normalized spacial score (nSPS) is 20.4. The van der Waals surface area contributed by atoms with E-state index in [0.29, 0.717) is 32.1 Å². The number of esters is 2. The van der Waals surface area contributed by atoms with Gasteiger partial charge in [0.1, 0.15) is 12.4 Å². The number of ether oxygens (including phenoxy) is 2. The maximum atomic E-state index is 12.4. The third-order valence-electron chi connectivity index (χ3n) is 9.16. The van der Waals surface area contributed by atoms with Crippen molar-refractivity contribution < 1.29 is 39.2 Å². The molecule has 1 saturated carbocycles. The van der Waals surface area contributed by atoms with E-state index in [1.807, 2.05) is 12.2 Å². The van der Waals surface area contributed by atoms with Crippen LogP contribution in [-0.2, 0) is 23.9 Å². The van der Waals surface area contributed by atoms with Crippen LogP contribution < -0.4 is 0 Å². The third-order valence-corrected chi connectivity index (χ3v) is 9.16. The first-order valence-electron chi connectivity index (χ1n) is 18.4. The molecule has 8 heteroatoms. The zero-order chi connectivity index (χ0) is 34.0. The maximum absolute atomic E-state index is 12.4. The molecular formula is C38H66O8. The van der Waals surface area contributed by atoms with Crippen molar-refractivity contribution in [3.63, 3.8) is 0 Å². The van der Waals surface area contributed by atoms with E-state index in [9.17, 15) is 29.7 Å². The Hall–Kier alpha value is -2.03. The van der Waals surface area contributed by atoms with E-state index in [2.05, 4.69) is 20.8 Å². The fourth-order valence-electron chi connectivity index (χ4n) is 5.86. The van der Waals surface area contributed by atoms with Crippen molar-refractivity contribution in [2.75, 3.05) is 13.2 Å². The number of unbranched alkanes of at least 4 members (excludes halogenated alkanes) is 10. The number of hydrogen-bond acceptors (Lipinski definition) is 8. The average Bonchev–Trinajstić information content (AvgIpc) is 3.31. The second kappa shape index (κ2) is 27.0. The Morgan fingerprint density at radius 3 is 2.22 bits per heavy atom.